The summed E-state index contributed by atoms with van der Waals surface area (Å²) < 4.78 is 4.80. The highest BCUT2D eigenvalue weighted by molar-refractivity contribution is 5.71. The smallest absolute Gasteiger partial charge is 0.185 e. The van der Waals surface area contributed by atoms with Gasteiger partial charge >= 0.3 is 0 Å². The number of pyridine rings is 1. The number of rotatable bonds is 0. The normalized spacial score (nSPS) is 9.73. The molecular weight excluding hydrogens is 142 g/mol. The Balaban J connectivity index is 2.79. The Bertz CT molecular complexity index is 426. The van der Waals surface area contributed by atoms with Crippen molar-refractivity contribution in [2.24, 2.45) is 0 Å². The zero-order chi connectivity index (χ0) is 7.68. The molecule has 0 N–H and O–H groups in total. The van der Waals surface area contributed by atoms with Crippen LogP contribution in [-0.4, -0.2) is 10.1 Å². The van der Waals surface area contributed by atoms with Gasteiger partial charge in [-0.15, -0.1) is 0 Å². The quantitative estimate of drug-likeness (QED) is 0.556. The van der Waals surface area contributed by atoms with Gasteiger partial charge in [0.1, 0.15) is 17.3 Å². The molecule has 0 unspecified atom stereocenters. The molecular formula is C7H3N3O. The fourth-order valence-corrected chi connectivity index (χ4v) is 0.827. The summed E-state index contributed by atoms with van der Waals surface area (Å²) in [5.74, 6) is 0. The molecule has 0 atom stereocenters. The average Bonchev–Trinajstić information content (AvgIpc) is 2.50. The summed E-state index contributed by atoms with van der Waals surface area (Å²) in [7, 11) is 0. The summed E-state index contributed by atoms with van der Waals surface area (Å²) in [6, 6.07) is 5.19. The van der Waals surface area contributed by atoms with Crippen molar-refractivity contribution in [1.29, 1.82) is 5.26 Å². The Morgan fingerprint density at radius 2 is 2.36 bits per heavy atom. The van der Waals surface area contributed by atoms with Crippen LogP contribution in [0.3, 0.4) is 0 Å². The van der Waals surface area contributed by atoms with Crippen LogP contribution in [0.2, 0.25) is 0 Å². The largest absolute Gasteiger partial charge is 0.355 e. The monoisotopic (exact) mass is 145 g/mol. The zero-order valence-electron chi connectivity index (χ0n) is 5.48. The van der Waals surface area contributed by atoms with Gasteiger partial charge in [-0.2, -0.15) is 5.26 Å². The van der Waals surface area contributed by atoms with Crippen LogP contribution in [0.1, 0.15) is 5.69 Å². The lowest BCUT2D eigenvalue weighted by Crippen LogP contribution is -1.79. The van der Waals surface area contributed by atoms with Crippen LogP contribution >= 0.6 is 0 Å². The highest BCUT2D eigenvalue weighted by Gasteiger charge is 1.99. The Labute approximate surface area is 62.1 Å². The van der Waals surface area contributed by atoms with Crippen molar-refractivity contribution in [2.75, 3.05) is 0 Å². The third kappa shape index (κ3) is 0.829. The lowest BCUT2D eigenvalue weighted by Gasteiger charge is -1.84. The second-order valence-electron chi connectivity index (χ2n) is 2.02. The third-order valence-electron chi connectivity index (χ3n) is 1.33. The highest BCUT2D eigenvalue weighted by atomic mass is 16.5. The molecule has 0 aromatic carbocycles. The second-order valence-corrected chi connectivity index (χ2v) is 2.02. The lowest BCUT2D eigenvalue weighted by molar-refractivity contribution is 0.456. The zero-order valence-corrected chi connectivity index (χ0v) is 5.48. The predicted octanol–water partition coefficient (Wildman–Crippen LogP) is 1.09. The van der Waals surface area contributed by atoms with Gasteiger partial charge in [-0.05, 0) is 12.1 Å². The first-order valence-electron chi connectivity index (χ1n) is 3.02. The number of nitrogens with zero attached hydrogens (tertiary/aromatic N) is 3. The molecule has 0 radical (unpaired) electrons. The van der Waals surface area contributed by atoms with E-state index in [-0.39, 0.29) is 0 Å². The lowest BCUT2D eigenvalue weighted by atomic mass is 10.3. The molecule has 0 spiro atoms. The molecule has 0 saturated heterocycles. The topological polar surface area (TPSA) is 62.7 Å². The molecule has 0 bridgehead atoms. The molecule has 2 aromatic rings. The van der Waals surface area contributed by atoms with Crippen molar-refractivity contribution in [3.63, 3.8) is 0 Å². The first kappa shape index (κ1) is 5.86. The van der Waals surface area contributed by atoms with Crippen LogP contribution in [0.4, 0.5) is 0 Å². The van der Waals surface area contributed by atoms with E-state index >= 15 is 0 Å². The molecule has 0 aliphatic heterocycles. The number of hydrogen-bond acceptors (Lipinski definition) is 4. The van der Waals surface area contributed by atoms with Crippen LogP contribution in [0.5, 0.6) is 0 Å². The van der Waals surface area contributed by atoms with Gasteiger partial charge in [-0.3, -0.25) is 0 Å². The van der Waals surface area contributed by atoms with Gasteiger partial charge in [0.05, 0.1) is 6.20 Å². The van der Waals surface area contributed by atoms with Crippen LogP contribution in [0.15, 0.2) is 22.9 Å². The molecule has 2 heterocycles. The maximum absolute atomic E-state index is 8.47. The van der Waals surface area contributed by atoms with Crippen molar-refractivity contribution in [3.8, 4) is 6.07 Å². The standard InChI is InChI=1S/C7H3N3O/c8-3-5-1-2-7-6(10-5)4-9-11-7/h1-2,4H. The van der Waals surface area contributed by atoms with Gasteiger partial charge in [0, 0.05) is 0 Å². The minimum absolute atomic E-state index is 0.376. The molecule has 2 rings (SSSR count). The van der Waals surface area contributed by atoms with Gasteiger partial charge in [0.2, 0.25) is 0 Å². The van der Waals surface area contributed by atoms with E-state index in [4.69, 9.17) is 9.78 Å². The average molecular weight is 145 g/mol. The van der Waals surface area contributed by atoms with Crippen molar-refractivity contribution in [3.05, 3.63) is 24.0 Å². The van der Waals surface area contributed by atoms with Crippen LogP contribution in [0.25, 0.3) is 11.1 Å². The van der Waals surface area contributed by atoms with E-state index in [2.05, 4.69) is 10.1 Å². The SMILES string of the molecule is N#Cc1ccc2oncc2n1. The number of aromatic nitrogens is 2. The second kappa shape index (κ2) is 2.06. The molecule has 11 heavy (non-hydrogen) atoms. The van der Waals surface area contributed by atoms with E-state index in [1.807, 2.05) is 6.07 Å². The summed E-state index contributed by atoms with van der Waals surface area (Å²) in [5, 5.41) is 12.0. The number of hydrogen-bond donors (Lipinski definition) is 0. The summed E-state index contributed by atoms with van der Waals surface area (Å²) in [5.41, 5.74) is 1.59. The summed E-state index contributed by atoms with van der Waals surface area (Å²) in [6.07, 6.45) is 1.48. The molecule has 0 aliphatic rings. The number of fused-ring (bicyclic) bond motifs is 1. The Morgan fingerprint density at radius 1 is 1.45 bits per heavy atom. The maximum Gasteiger partial charge on any atom is 0.185 e. The first-order valence-corrected chi connectivity index (χ1v) is 3.02. The minimum Gasteiger partial charge on any atom is -0.355 e. The van der Waals surface area contributed by atoms with Crippen molar-refractivity contribution < 1.29 is 4.52 Å². The molecule has 52 valence electrons. The van der Waals surface area contributed by atoms with Crippen molar-refractivity contribution in [2.45, 2.75) is 0 Å². The van der Waals surface area contributed by atoms with Gasteiger partial charge in [-0.1, -0.05) is 5.16 Å². The summed E-state index contributed by atoms with van der Waals surface area (Å²) in [6.45, 7) is 0. The molecule has 4 nitrogen and oxygen atoms in total. The molecule has 0 aliphatic carbocycles. The van der Waals surface area contributed by atoms with Crippen molar-refractivity contribution >= 4 is 11.1 Å². The Morgan fingerprint density at radius 3 is 3.18 bits per heavy atom. The molecule has 2 aromatic heterocycles. The molecule has 0 fully saturated rings. The van der Waals surface area contributed by atoms with E-state index in [0.717, 1.165) is 0 Å². The molecule has 0 saturated carbocycles. The maximum atomic E-state index is 8.47. The fraction of sp³-hybridized carbons (Fsp3) is 0. The van der Waals surface area contributed by atoms with Crippen LogP contribution in [-0.2, 0) is 0 Å². The molecule has 0 amide bonds. The van der Waals surface area contributed by atoms with E-state index in [1.165, 1.54) is 6.20 Å². The summed E-state index contributed by atoms with van der Waals surface area (Å²) in [4.78, 5) is 3.94. The van der Waals surface area contributed by atoms with E-state index in [1.54, 1.807) is 12.1 Å². The minimum atomic E-state index is 0.376. The van der Waals surface area contributed by atoms with Crippen molar-refractivity contribution in [1.82, 2.24) is 10.1 Å². The predicted molar refractivity (Wildman–Crippen MR) is 36.5 cm³/mol. The Kier molecular flexibility index (Phi) is 1.10. The van der Waals surface area contributed by atoms with E-state index < -0.39 is 0 Å². The highest BCUT2D eigenvalue weighted by Crippen LogP contribution is 2.09. The summed E-state index contributed by atoms with van der Waals surface area (Å²) >= 11 is 0. The van der Waals surface area contributed by atoms with Crippen LogP contribution in [0, 0.1) is 11.3 Å². The first-order chi connectivity index (χ1) is 5.40. The third-order valence-corrected chi connectivity index (χ3v) is 1.33. The van der Waals surface area contributed by atoms with E-state index in [0.29, 0.717) is 16.8 Å². The van der Waals surface area contributed by atoms with Gasteiger partial charge in [0.15, 0.2) is 5.58 Å². The van der Waals surface area contributed by atoms with Gasteiger partial charge in [-0.25, -0.2) is 4.98 Å². The fourth-order valence-electron chi connectivity index (χ4n) is 0.827. The van der Waals surface area contributed by atoms with Crippen LogP contribution < -0.4 is 0 Å². The van der Waals surface area contributed by atoms with E-state index in [9.17, 15) is 0 Å². The van der Waals surface area contributed by atoms with Gasteiger partial charge in [0.25, 0.3) is 0 Å². The van der Waals surface area contributed by atoms with Gasteiger partial charge < -0.3 is 4.52 Å². The number of nitriles is 1. The molecule has 4 heteroatoms. The Hall–Kier alpha value is -1.89.